The second-order valence-corrected chi connectivity index (χ2v) is 4.14. The van der Waals surface area contributed by atoms with Gasteiger partial charge in [-0.2, -0.15) is 0 Å². The van der Waals surface area contributed by atoms with E-state index < -0.39 is 0 Å². The van der Waals surface area contributed by atoms with Gasteiger partial charge in [-0.1, -0.05) is 12.1 Å². The minimum absolute atomic E-state index is 0.277. The molecule has 17 heavy (non-hydrogen) atoms. The highest BCUT2D eigenvalue weighted by Gasteiger charge is 2.00. The molecule has 0 fully saturated rings. The van der Waals surface area contributed by atoms with Crippen LogP contribution in [0.4, 0.5) is 5.69 Å². The lowest BCUT2D eigenvalue weighted by atomic mass is 10.1. The molecule has 0 saturated heterocycles. The number of fused-ring (bicyclic) bond motifs is 1. The van der Waals surface area contributed by atoms with Gasteiger partial charge in [-0.05, 0) is 35.0 Å². The summed E-state index contributed by atoms with van der Waals surface area (Å²) in [5.41, 5.74) is 1.18. The van der Waals surface area contributed by atoms with Gasteiger partial charge in [0.2, 0.25) is 0 Å². The number of hydrogen-bond acceptors (Lipinski definition) is 3. The summed E-state index contributed by atoms with van der Waals surface area (Å²) in [6.07, 6.45) is 0. The number of rotatable bonds is 4. The fourth-order valence-electron chi connectivity index (χ4n) is 1.71. The maximum Gasteiger partial charge on any atom is 0.188 e. The third-order valence-electron chi connectivity index (χ3n) is 2.66. The molecule has 3 nitrogen and oxygen atoms in total. The maximum atomic E-state index is 5.43. The average Bonchev–Trinajstić information content (AvgIpc) is 2.35. The molecule has 2 aromatic rings. The molecule has 2 rings (SSSR count). The molecular formula is C14H17NO2. The Kier molecular flexibility index (Phi) is 3.49. The molecule has 0 radical (unpaired) electrons. The summed E-state index contributed by atoms with van der Waals surface area (Å²) >= 11 is 0. The lowest BCUT2D eigenvalue weighted by molar-refractivity contribution is 0.0512. The van der Waals surface area contributed by atoms with Gasteiger partial charge in [-0.25, -0.2) is 0 Å². The van der Waals surface area contributed by atoms with Crippen molar-refractivity contribution in [3.05, 3.63) is 36.4 Å². The lowest BCUT2D eigenvalue weighted by Gasteiger charge is -2.13. The van der Waals surface area contributed by atoms with Crippen molar-refractivity contribution in [3.8, 4) is 5.75 Å². The first-order chi connectivity index (χ1) is 8.20. The largest absolute Gasteiger partial charge is 0.468 e. The molecule has 0 N–H and O–H groups in total. The molecule has 0 atom stereocenters. The summed E-state index contributed by atoms with van der Waals surface area (Å²) in [5, 5.41) is 2.38. The minimum Gasteiger partial charge on any atom is -0.468 e. The molecule has 0 saturated carbocycles. The monoisotopic (exact) mass is 231 g/mol. The first-order valence-electron chi connectivity index (χ1n) is 5.53. The zero-order valence-electron chi connectivity index (χ0n) is 10.4. The van der Waals surface area contributed by atoms with Crippen molar-refractivity contribution in [2.45, 2.75) is 0 Å². The molecule has 0 heterocycles. The Labute approximate surface area is 102 Å². The van der Waals surface area contributed by atoms with E-state index in [1.807, 2.05) is 26.2 Å². The molecule has 0 aliphatic heterocycles. The normalized spacial score (nSPS) is 10.5. The predicted molar refractivity (Wildman–Crippen MR) is 70.8 cm³/mol. The van der Waals surface area contributed by atoms with E-state index in [0.29, 0.717) is 0 Å². The molecule has 0 aliphatic rings. The number of benzene rings is 2. The summed E-state index contributed by atoms with van der Waals surface area (Å²) in [4.78, 5) is 2.09. The highest BCUT2D eigenvalue weighted by atomic mass is 16.7. The first-order valence-corrected chi connectivity index (χ1v) is 5.53. The van der Waals surface area contributed by atoms with E-state index in [1.54, 1.807) is 7.11 Å². The van der Waals surface area contributed by atoms with Crippen LogP contribution in [0.1, 0.15) is 0 Å². The number of nitrogens with zero attached hydrogens (tertiary/aromatic N) is 1. The van der Waals surface area contributed by atoms with Crippen molar-refractivity contribution >= 4 is 16.5 Å². The zero-order valence-corrected chi connectivity index (χ0v) is 10.4. The molecule has 0 spiro atoms. The molecule has 0 bridgehead atoms. The number of hydrogen-bond donors (Lipinski definition) is 0. The Morgan fingerprint density at radius 3 is 2.47 bits per heavy atom. The van der Waals surface area contributed by atoms with Crippen molar-refractivity contribution in [1.82, 2.24) is 0 Å². The summed E-state index contributed by atoms with van der Waals surface area (Å²) in [6.45, 7) is 0.277. The maximum absolute atomic E-state index is 5.43. The van der Waals surface area contributed by atoms with Crippen molar-refractivity contribution in [2.24, 2.45) is 0 Å². The Hall–Kier alpha value is -1.74. The van der Waals surface area contributed by atoms with Gasteiger partial charge in [0.05, 0.1) is 0 Å². The fraction of sp³-hybridized carbons (Fsp3) is 0.286. The number of ether oxygens (including phenoxy) is 2. The van der Waals surface area contributed by atoms with Crippen molar-refractivity contribution in [3.63, 3.8) is 0 Å². The van der Waals surface area contributed by atoms with Crippen LogP contribution in [-0.4, -0.2) is 28.0 Å². The van der Waals surface area contributed by atoms with Gasteiger partial charge in [0.25, 0.3) is 0 Å². The third-order valence-corrected chi connectivity index (χ3v) is 2.66. The van der Waals surface area contributed by atoms with Gasteiger partial charge in [-0.3, -0.25) is 0 Å². The lowest BCUT2D eigenvalue weighted by Crippen LogP contribution is -2.08. The van der Waals surface area contributed by atoms with Gasteiger partial charge in [0.1, 0.15) is 5.75 Å². The molecular weight excluding hydrogens is 214 g/mol. The SMILES string of the molecule is COCOc1ccc2ccc(N(C)C)cc2c1. The second-order valence-electron chi connectivity index (χ2n) is 4.14. The molecule has 2 aromatic carbocycles. The molecule has 0 amide bonds. The van der Waals surface area contributed by atoms with E-state index in [4.69, 9.17) is 9.47 Å². The van der Waals surface area contributed by atoms with E-state index in [9.17, 15) is 0 Å². The standard InChI is InChI=1S/C14H17NO2/c1-15(2)13-6-4-11-5-7-14(17-10-16-3)9-12(11)8-13/h4-9H,10H2,1-3H3. The summed E-state index contributed by atoms with van der Waals surface area (Å²) < 4.78 is 10.3. The number of anilines is 1. The predicted octanol–water partition coefficient (Wildman–Crippen LogP) is 2.89. The van der Waals surface area contributed by atoms with Crippen LogP contribution in [0, 0.1) is 0 Å². The van der Waals surface area contributed by atoms with E-state index in [1.165, 1.54) is 16.5 Å². The van der Waals surface area contributed by atoms with E-state index in [0.717, 1.165) is 5.75 Å². The van der Waals surface area contributed by atoms with Crippen LogP contribution in [0.3, 0.4) is 0 Å². The van der Waals surface area contributed by atoms with Crippen LogP contribution in [0.15, 0.2) is 36.4 Å². The quantitative estimate of drug-likeness (QED) is 0.755. The first kappa shape index (κ1) is 11.7. The molecule has 0 aliphatic carbocycles. The van der Waals surface area contributed by atoms with Crippen molar-refractivity contribution in [1.29, 1.82) is 0 Å². The molecule has 90 valence electrons. The highest BCUT2D eigenvalue weighted by molar-refractivity contribution is 5.87. The van der Waals surface area contributed by atoms with E-state index in [2.05, 4.69) is 29.2 Å². The Morgan fingerprint density at radius 2 is 1.76 bits per heavy atom. The van der Waals surface area contributed by atoms with Crippen molar-refractivity contribution < 1.29 is 9.47 Å². The van der Waals surface area contributed by atoms with E-state index in [-0.39, 0.29) is 6.79 Å². The van der Waals surface area contributed by atoms with Crippen LogP contribution in [0.25, 0.3) is 10.8 Å². The van der Waals surface area contributed by atoms with Gasteiger partial charge >= 0.3 is 0 Å². The Balaban J connectivity index is 2.36. The van der Waals surface area contributed by atoms with Crippen LogP contribution in [0.5, 0.6) is 5.75 Å². The van der Waals surface area contributed by atoms with Gasteiger partial charge in [0.15, 0.2) is 6.79 Å². The molecule has 0 unspecified atom stereocenters. The summed E-state index contributed by atoms with van der Waals surface area (Å²) in [6, 6.07) is 12.4. The van der Waals surface area contributed by atoms with Crippen LogP contribution >= 0.6 is 0 Å². The number of methoxy groups -OCH3 is 1. The summed E-state index contributed by atoms with van der Waals surface area (Å²) in [5.74, 6) is 0.829. The molecule has 0 aromatic heterocycles. The van der Waals surface area contributed by atoms with Crippen LogP contribution < -0.4 is 9.64 Å². The second kappa shape index (κ2) is 5.06. The van der Waals surface area contributed by atoms with Gasteiger partial charge in [-0.15, -0.1) is 0 Å². The minimum atomic E-state index is 0.277. The van der Waals surface area contributed by atoms with Crippen molar-refractivity contribution in [2.75, 3.05) is 32.9 Å². The summed E-state index contributed by atoms with van der Waals surface area (Å²) in [7, 11) is 5.68. The topological polar surface area (TPSA) is 21.7 Å². The highest BCUT2D eigenvalue weighted by Crippen LogP contribution is 2.25. The van der Waals surface area contributed by atoms with Crippen LogP contribution in [0.2, 0.25) is 0 Å². The van der Waals surface area contributed by atoms with E-state index >= 15 is 0 Å². The van der Waals surface area contributed by atoms with Gasteiger partial charge in [0, 0.05) is 26.9 Å². The Bertz CT molecular complexity index is 509. The smallest absolute Gasteiger partial charge is 0.188 e. The van der Waals surface area contributed by atoms with Gasteiger partial charge < -0.3 is 14.4 Å². The Morgan fingerprint density at radius 1 is 1.00 bits per heavy atom. The average molecular weight is 231 g/mol. The fourth-order valence-corrected chi connectivity index (χ4v) is 1.71. The molecule has 3 heteroatoms. The third kappa shape index (κ3) is 2.68. The van der Waals surface area contributed by atoms with Crippen LogP contribution in [-0.2, 0) is 4.74 Å². The zero-order chi connectivity index (χ0) is 12.3.